The number of pyridine rings is 2. The van der Waals surface area contributed by atoms with E-state index in [4.69, 9.17) is 0 Å². The molecule has 3 heterocycles. The molecule has 0 atom stereocenters. The molecule has 3 aromatic rings. The minimum Gasteiger partial charge on any atom is -0.493 e. The van der Waals surface area contributed by atoms with Gasteiger partial charge in [-0.1, -0.05) is 6.07 Å². The first-order chi connectivity index (χ1) is 9.70. The van der Waals surface area contributed by atoms with Crippen molar-refractivity contribution < 1.29 is 9.50 Å². The third-order valence-electron chi connectivity index (χ3n) is 2.56. The van der Waals surface area contributed by atoms with Crippen molar-refractivity contribution in [2.75, 3.05) is 5.32 Å². The highest BCUT2D eigenvalue weighted by atomic mass is 19.1. The summed E-state index contributed by atoms with van der Waals surface area (Å²) in [7, 11) is 0. The number of aromatic nitrogens is 4. The van der Waals surface area contributed by atoms with E-state index in [2.05, 4.69) is 20.3 Å². The molecule has 3 aromatic heterocycles. The molecule has 3 rings (SSSR count). The number of rotatable bonds is 3. The van der Waals surface area contributed by atoms with Gasteiger partial charge in [-0.3, -0.25) is 4.98 Å². The lowest BCUT2D eigenvalue weighted by atomic mass is 10.4. The minimum absolute atomic E-state index is 0.0798. The molecule has 0 aliphatic carbocycles. The molecule has 0 aromatic carbocycles. The number of anilines is 2. The van der Waals surface area contributed by atoms with Crippen molar-refractivity contribution in [3.8, 4) is 11.6 Å². The van der Waals surface area contributed by atoms with E-state index in [1.54, 1.807) is 22.9 Å². The Hall–Kier alpha value is -2.96. The van der Waals surface area contributed by atoms with Crippen LogP contribution >= 0.6 is 0 Å². The van der Waals surface area contributed by atoms with Crippen LogP contribution in [0.2, 0.25) is 0 Å². The first-order valence-corrected chi connectivity index (χ1v) is 5.79. The van der Waals surface area contributed by atoms with Crippen LogP contribution < -0.4 is 5.32 Å². The summed E-state index contributed by atoms with van der Waals surface area (Å²) >= 11 is 0. The van der Waals surface area contributed by atoms with Crippen molar-refractivity contribution >= 4 is 11.6 Å². The molecule has 6 nitrogen and oxygen atoms in total. The molecule has 100 valence electrons. The molecule has 7 heteroatoms. The number of halogens is 1. The van der Waals surface area contributed by atoms with Crippen LogP contribution in [0.4, 0.5) is 16.0 Å². The Morgan fingerprint density at radius 3 is 2.90 bits per heavy atom. The lowest BCUT2D eigenvalue weighted by Crippen LogP contribution is -1.94. The van der Waals surface area contributed by atoms with Crippen LogP contribution in [0.5, 0.6) is 5.88 Å². The largest absolute Gasteiger partial charge is 0.493 e. The van der Waals surface area contributed by atoms with E-state index < -0.39 is 5.82 Å². The lowest BCUT2D eigenvalue weighted by molar-refractivity contribution is 0.454. The Morgan fingerprint density at radius 2 is 2.10 bits per heavy atom. The molecule has 0 saturated carbocycles. The van der Waals surface area contributed by atoms with Gasteiger partial charge in [0.15, 0.2) is 0 Å². The van der Waals surface area contributed by atoms with Crippen molar-refractivity contribution in [2.24, 2.45) is 0 Å². The molecule has 0 saturated heterocycles. The van der Waals surface area contributed by atoms with E-state index >= 15 is 0 Å². The maximum Gasteiger partial charge on any atom is 0.212 e. The Labute approximate surface area is 113 Å². The van der Waals surface area contributed by atoms with Crippen molar-refractivity contribution in [3.05, 3.63) is 55.0 Å². The van der Waals surface area contributed by atoms with E-state index in [0.29, 0.717) is 17.3 Å². The van der Waals surface area contributed by atoms with E-state index in [1.807, 2.05) is 0 Å². The number of hydrogen-bond acceptors (Lipinski definition) is 5. The second kappa shape index (κ2) is 4.96. The molecule has 0 radical (unpaired) electrons. The van der Waals surface area contributed by atoms with Gasteiger partial charge in [0, 0.05) is 12.1 Å². The fourth-order valence-electron chi connectivity index (χ4n) is 1.69. The Morgan fingerprint density at radius 1 is 1.20 bits per heavy atom. The molecule has 0 spiro atoms. The zero-order valence-corrected chi connectivity index (χ0v) is 10.2. The van der Waals surface area contributed by atoms with Crippen LogP contribution in [0, 0.1) is 5.82 Å². The van der Waals surface area contributed by atoms with Gasteiger partial charge in [-0.25, -0.2) is 9.37 Å². The zero-order valence-electron chi connectivity index (χ0n) is 10.2. The van der Waals surface area contributed by atoms with Gasteiger partial charge in [-0.2, -0.15) is 4.98 Å². The van der Waals surface area contributed by atoms with Gasteiger partial charge in [0.25, 0.3) is 0 Å². The van der Waals surface area contributed by atoms with Crippen LogP contribution in [-0.2, 0) is 0 Å². The summed E-state index contributed by atoms with van der Waals surface area (Å²) in [5, 5.41) is 12.2. The maximum absolute atomic E-state index is 13.1. The molecule has 0 bridgehead atoms. The molecule has 0 unspecified atom stereocenters. The summed E-state index contributed by atoms with van der Waals surface area (Å²) in [5.74, 6) is 0.490. The van der Waals surface area contributed by atoms with Crippen molar-refractivity contribution in [2.45, 2.75) is 0 Å². The Kier molecular flexibility index (Phi) is 3.00. The first kappa shape index (κ1) is 12.1. The predicted octanol–water partition coefficient (Wildman–Crippen LogP) is 2.25. The predicted molar refractivity (Wildman–Crippen MR) is 70.5 cm³/mol. The Bertz CT molecular complexity index is 743. The van der Waals surface area contributed by atoms with Gasteiger partial charge < -0.3 is 15.0 Å². The van der Waals surface area contributed by atoms with Crippen LogP contribution in [0.1, 0.15) is 0 Å². The second-order valence-corrected chi connectivity index (χ2v) is 4.03. The topological polar surface area (TPSA) is 75.9 Å². The number of nitrogens with one attached hydrogen (secondary N) is 1. The number of nitrogens with zero attached hydrogens (tertiary/aromatic N) is 4. The average Bonchev–Trinajstić information content (AvgIpc) is 2.87. The molecule has 0 aliphatic heterocycles. The van der Waals surface area contributed by atoms with E-state index in [-0.39, 0.29) is 5.88 Å². The maximum atomic E-state index is 13.1. The highest BCUT2D eigenvalue weighted by molar-refractivity contribution is 5.52. The van der Waals surface area contributed by atoms with Crippen molar-refractivity contribution in [1.29, 1.82) is 0 Å². The third kappa shape index (κ3) is 2.56. The number of aromatic hydroxyl groups is 1. The Balaban J connectivity index is 1.84. The molecular formula is C13H10FN5O. The van der Waals surface area contributed by atoms with Crippen molar-refractivity contribution in [3.63, 3.8) is 0 Å². The second-order valence-electron chi connectivity index (χ2n) is 4.03. The van der Waals surface area contributed by atoms with Crippen LogP contribution in [-0.4, -0.2) is 24.6 Å². The summed E-state index contributed by atoms with van der Waals surface area (Å²) in [6.45, 7) is 0. The third-order valence-corrected chi connectivity index (χ3v) is 2.56. The van der Waals surface area contributed by atoms with Crippen molar-refractivity contribution in [1.82, 2.24) is 19.5 Å². The van der Waals surface area contributed by atoms with Gasteiger partial charge in [-0.05, 0) is 6.07 Å². The van der Waals surface area contributed by atoms with Crippen LogP contribution in [0.3, 0.4) is 0 Å². The monoisotopic (exact) mass is 271 g/mol. The highest BCUT2D eigenvalue weighted by Gasteiger charge is 2.04. The molecule has 0 aliphatic rings. The van der Waals surface area contributed by atoms with Gasteiger partial charge in [0.05, 0.1) is 24.3 Å². The molecule has 20 heavy (non-hydrogen) atoms. The van der Waals surface area contributed by atoms with E-state index in [1.165, 1.54) is 24.7 Å². The number of imidazole rings is 1. The van der Waals surface area contributed by atoms with Gasteiger partial charge in [-0.15, -0.1) is 0 Å². The SMILES string of the molecule is Oc1cccc(Nc2cn(-c3cncc(F)c3)cn2)n1. The average molecular weight is 271 g/mol. The minimum atomic E-state index is -0.416. The van der Waals surface area contributed by atoms with Crippen LogP contribution in [0.25, 0.3) is 5.69 Å². The summed E-state index contributed by atoms with van der Waals surface area (Å²) < 4.78 is 14.7. The smallest absolute Gasteiger partial charge is 0.212 e. The standard InChI is InChI=1S/C13H10FN5O/c14-9-4-10(6-15-5-9)19-7-12(16-8-19)17-11-2-1-3-13(20)18-11/h1-8H,(H2,17,18,20). The summed E-state index contributed by atoms with van der Waals surface area (Å²) in [6, 6.07) is 6.19. The summed E-state index contributed by atoms with van der Waals surface area (Å²) in [6.07, 6.45) is 5.86. The quantitative estimate of drug-likeness (QED) is 0.764. The summed E-state index contributed by atoms with van der Waals surface area (Å²) in [5.41, 5.74) is 0.564. The normalized spacial score (nSPS) is 10.4. The van der Waals surface area contributed by atoms with Gasteiger partial charge in [0.2, 0.25) is 5.88 Å². The van der Waals surface area contributed by atoms with Gasteiger partial charge >= 0.3 is 0 Å². The zero-order chi connectivity index (χ0) is 13.9. The summed E-state index contributed by atoms with van der Waals surface area (Å²) in [4.78, 5) is 11.8. The number of hydrogen-bond donors (Lipinski definition) is 2. The fourth-order valence-corrected chi connectivity index (χ4v) is 1.69. The van der Waals surface area contributed by atoms with Crippen LogP contribution in [0.15, 0.2) is 49.2 Å². The van der Waals surface area contributed by atoms with E-state index in [9.17, 15) is 9.50 Å². The van der Waals surface area contributed by atoms with E-state index in [0.717, 1.165) is 6.20 Å². The fraction of sp³-hybridized carbons (Fsp3) is 0. The molecule has 0 fully saturated rings. The molecular weight excluding hydrogens is 261 g/mol. The first-order valence-electron chi connectivity index (χ1n) is 5.79. The molecule has 2 N–H and O–H groups in total. The lowest BCUT2D eigenvalue weighted by Gasteiger charge is -2.02. The molecule has 0 amide bonds. The van der Waals surface area contributed by atoms with Gasteiger partial charge in [0.1, 0.15) is 23.8 Å². The highest BCUT2D eigenvalue weighted by Crippen LogP contribution is 2.16.